The van der Waals surface area contributed by atoms with Crippen molar-refractivity contribution in [2.75, 3.05) is 19.7 Å². The highest BCUT2D eigenvalue weighted by atomic mass is 31.1. The van der Waals surface area contributed by atoms with Gasteiger partial charge < -0.3 is 20.1 Å². The van der Waals surface area contributed by atoms with Crippen LogP contribution in [0, 0.1) is 0 Å². The Hall–Kier alpha value is -2.32. The minimum Gasteiger partial charge on any atom is -0.446 e. The molecule has 0 aliphatic carbocycles. The van der Waals surface area contributed by atoms with Crippen molar-refractivity contribution < 1.29 is 33.4 Å². The average Bonchev–Trinajstić information content (AvgIpc) is 3.66. The SMILES string of the molecule is CCCCC/C=C\C/C=C\CCCCCCCCCCC(CCCCCCCC/C=C\C/C=C\CCCCC)OC(=O)NCCCCCC(=O)N1C[C@H](O[P+](=O)O)C[C@H]1CO. The van der Waals surface area contributed by atoms with Crippen LogP contribution in [0.3, 0.4) is 0 Å². The van der Waals surface area contributed by atoms with E-state index >= 15 is 0 Å². The lowest BCUT2D eigenvalue weighted by Crippen LogP contribution is -2.37. The molecule has 10 heteroatoms. The summed E-state index contributed by atoms with van der Waals surface area (Å²) >= 11 is 0. The molecule has 0 radical (unpaired) electrons. The van der Waals surface area contributed by atoms with Crippen LogP contribution in [0.25, 0.3) is 0 Å². The molecule has 352 valence electrons. The fourth-order valence-corrected chi connectivity index (χ4v) is 8.41. The number of unbranched alkanes of at least 4 members (excludes halogenated alkanes) is 22. The highest BCUT2D eigenvalue weighted by Gasteiger charge is 2.39. The van der Waals surface area contributed by atoms with Gasteiger partial charge in [-0.05, 0) is 103 Å². The minimum absolute atomic E-state index is 0.0511. The van der Waals surface area contributed by atoms with E-state index < -0.39 is 20.4 Å². The van der Waals surface area contributed by atoms with Crippen LogP contribution in [0.4, 0.5) is 4.79 Å². The first-order chi connectivity index (χ1) is 29.9. The van der Waals surface area contributed by atoms with Gasteiger partial charge in [-0.3, -0.25) is 4.79 Å². The van der Waals surface area contributed by atoms with Gasteiger partial charge in [0.25, 0.3) is 0 Å². The number of ether oxygens (including phenoxy) is 1. The summed E-state index contributed by atoms with van der Waals surface area (Å²) in [6.45, 7) is 5.01. The van der Waals surface area contributed by atoms with Crippen LogP contribution in [0.1, 0.15) is 226 Å². The van der Waals surface area contributed by atoms with Gasteiger partial charge in [-0.25, -0.2) is 4.79 Å². The van der Waals surface area contributed by atoms with E-state index in [9.17, 15) is 19.3 Å². The second kappa shape index (κ2) is 43.0. The topological polar surface area (TPSA) is 125 Å². The summed E-state index contributed by atoms with van der Waals surface area (Å²) in [7, 11) is -2.75. The number of hydrogen-bond donors (Lipinski definition) is 3. The van der Waals surface area contributed by atoms with E-state index in [0.717, 1.165) is 51.4 Å². The molecule has 0 aromatic heterocycles. The Bertz CT molecular complexity index is 1180. The fourth-order valence-electron chi connectivity index (χ4n) is 8.00. The molecule has 4 atom stereocenters. The molecule has 3 N–H and O–H groups in total. The van der Waals surface area contributed by atoms with Crippen molar-refractivity contribution in [2.24, 2.45) is 0 Å². The molecule has 1 fully saturated rings. The first-order valence-corrected chi connectivity index (χ1v) is 26.3. The molecule has 1 saturated heterocycles. The highest BCUT2D eigenvalue weighted by molar-refractivity contribution is 7.32. The number of rotatable bonds is 42. The lowest BCUT2D eigenvalue weighted by Gasteiger charge is -2.22. The molecule has 1 aliphatic rings. The smallest absolute Gasteiger partial charge is 0.446 e. The number of carbonyl (C=O) groups excluding carboxylic acids is 2. The van der Waals surface area contributed by atoms with Crippen molar-refractivity contribution in [3.05, 3.63) is 48.6 Å². The summed E-state index contributed by atoms with van der Waals surface area (Å²) in [6.07, 6.45) is 54.3. The van der Waals surface area contributed by atoms with E-state index in [1.54, 1.807) is 4.90 Å². The van der Waals surface area contributed by atoms with Gasteiger partial charge in [-0.2, -0.15) is 0 Å². The number of aliphatic hydroxyl groups excluding tert-OH is 1. The first-order valence-electron chi connectivity index (χ1n) is 25.2. The molecule has 2 amide bonds. The van der Waals surface area contributed by atoms with Crippen LogP contribution >= 0.6 is 8.25 Å². The molecule has 0 saturated carbocycles. The number of amides is 2. The van der Waals surface area contributed by atoms with E-state index in [1.165, 1.54) is 141 Å². The van der Waals surface area contributed by atoms with Crippen molar-refractivity contribution in [3.63, 3.8) is 0 Å². The van der Waals surface area contributed by atoms with E-state index in [0.29, 0.717) is 25.8 Å². The molecule has 1 heterocycles. The zero-order valence-electron chi connectivity index (χ0n) is 39.1. The lowest BCUT2D eigenvalue weighted by molar-refractivity contribution is -0.133. The number of hydrogen-bond acceptors (Lipinski definition) is 6. The van der Waals surface area contributed by atoms with Crippen LogP contribution in [-0.4, -0.2) is 64.8 Å². The van der Waals surface area contributed by atoms with E-state index in [2.05, 4.69) is 67.8 Å². The molecular weight excluding hydrogens is 784 g/mol. The number of likely N-dealkylation sites (tertiary alicyclic amines) is 1. The number of nitrogens with one attached hydrogen (secondary N) is 1. The molecule has 9 nitrogen and oxygen atoms in total. The summed E-state index contributed by atoms with van der Waals surface area (Å²) < 4.78 is 22.0. The Kier molecular flexibility index (Phi) is 39.9. The van der Waals surface area contributed by atoms with Crippen LogP contribution < -0.4 is 5.32 Å². The zero-order valence-corrected chi connectivity index (χ0v) is 40.0. The molecule has 2 unspecified atom stereocenters. The van der Waals surface area contributed by atoms with Crippen LogP contribution in [0.15, 0.2) is 48.6 Å². The van der Waals surface area contributed by atoms with Gasteiger partial charge in [0.15, 0.2) is 0 Å². The van der Waals surface area contributed by atoms with Gasteiger partial charge in [0.2, 0.25) is 5.91 Å². The third-order valence-electron chi connectivity index (χ3n) is 11.7. The Morgan fingerprint density at radius 1 is 0.639 bits per heavy atom. The number of alkyl carbamates (subject to hydrolysis) is 1. The predicted molar refractivity (Wildman–Crippen MR) is 256 cm³/mol. The quantitative estimate of drug-likeness (QED) is 0.0317. The molecular formula is C51H92N2O7P+. The second-order valence-electron chi connectivity index (χ2n) is 17.3. The monoisotopic (exact) mass is 876 g/mol. The van der Waals surface area contributed by atoms with Crippen molar-refractivity contribution in [3.8, 4) is 0 Å². The summed E-state index contributed by atoms with van der Waals surface area (Å²) in [5, 5.41) is 12.6. The van der Waals surface area contributed by atoms with Crippen LogP contribution in [0.2, 0.25) is 0 Å². The van der Waals surface area contributed by atoms with E-state index in [1.807, 2.05) is 0 Å². The highest BCUT2D eigenvalue weighted by Crippen LogP contribution is 2.28. The lowest BCUT2D eigenvalue weighted by atomic mass is 10.0. The third kappa shape index (κ3) is 35.8. The Labute approximate surface area is 375 Å². The fraction of sp³-hybridized carbons (Fsp3) is 0.804. The molecule has 61 heavy (non-hydrogen) atoms. The normalized spacial score (nSPS) is 16.5. The van der Waals surface area contributed by atoms with Gasteiger partial charge in [-0.15, -0.1) is 9.42 Å². The van der Waals surface area contributed by atoms with E-state index in [-0.39, 0.29) is 31.3 Å². The van der Waals surface area contributed by atoms with Crippen molar-refractivity contribution in [2.45, 2.75) is 244 Å². The summed E-state index contributed by atoms with van der Waals surface area (Å²) in [5.74, 6) is -0.0897. The van der Waals surface area contributed by atoms with Crippen molar-refractivity contribution >= 4 is 20.3 Å². The number of nitrogens with zero attached hydrogens (tertiary/aromatic N) is 1. The predicted octanol–water partition coefficient (Wildman–Crippen LogP) is 14.5. The molecule has 0 aromatic rings. The molecule has 1 rings (SSSR count). The Balaban J connectivity index is 2.30. The van der Waals surface area contributed by atoms with Gasteiger partial charge in [0.1, 0.15) is 12.2 Å². The Morgan fingerprint density at radius 3 is 1.54 bits per heavy atom. The van der Waals surface area contributed by atoms with Crippen LogP contribution in [-0.2, 0) is 18.6 Å². The molecule has 0 spiro atoms. The molecule has 1 aliphatic heterocycles. The first kappa shape index (κ1) is 56.7. The summed E-state index contributed by atoms with van der Waals surface area (Å²) in [6, 6.07) is -0.391. The van der Waals surface area contributed by atoms with Gasteiger partial charge >= 0.3 is 14.3 Å². The summed E-state index contributed by atoms with van der Waals surface area (Å²) in [5.41, 5.74) is 0. The summed E-state index contributed by atoms with van der Waals surface area (Å²) in [4.78, 5) is 36.2. The van der Waals surface area contributed by atoms with Gasteiger partial charge in [-0.1, -0.05) is 159 Å². The molecule has 0 aromatic carbocycles. The number of allylic oxidation sites excluding steroid dienone is 8. The average molecular weight is 876 g/mol. The second-order valence-corrected chi connectivity index (χ2v) is 18.0. The number of aliphatic hydroxyl groups is 1. The standard InChI is InChI=1S/C51H91N2O7P/c1-3-5-7-9-11-13-15-17-19-21-22-24-26-28-30-32-34-37-41-48(40-36-33-31-29-27-25-23-20-18-16-14-12-10-8-6-4-2)59-51(56)52-43-39-35-38-42-50(55)53-45-49(60-61(57)58)44-47(53)46-54/h11-14,17-20,47-49,54H,3-10,15-16,21-46H2,1-2H3,(H-,52,56,57,58)/p+1/b13-11-,14-12-,19-17-,20-18-/t47-,48?,49+/m0/s1. The van der Waals surface area contributed by atoms with Crippen molar-refractivity contribution in [1.29, 1.82) is 0 Å². The number of carbonyl (C=O) groups is 2. The zero-order chi connectivity index (χ0) is 44.3. The third-order valence-corrected chi connectivity index (χ3v) is 12.2. The van der Waals surface area contributed by atoms with Crippen LogP contribution in [0.5, 0.6) is 0 Å². The van der Waals surface area contributed by atoms with Crippen molar-refractivity contribution in [1.82, 2.24) is 10.2 Å². The molecule has 0 bridgehead atoms. The Morgan fingerprint density at radius 2 is 1.08 bits per heavy atom. The minimum atomic E-state index is -2.75. The maximum atomic E-state index is 12.8. The largest absolute Gasteiger partial charge is 0.695 e. The van der Waals surface area contributed by atoms with E-state index in [4.69, 9.17) is 14.2 Å². The maximum Gasteiger partial charge on any atom is 0.695 e. The maximum absolute atomic E-state index is 12.8. The van der Waals surface area contributed by atoms with Gasteiger partial charge in [0, 0.05) is 24.0 Å². The van der Waals surface area contributed by atoms with Gasteiger partial charge in [0.05, 0.1) is 19.2 Å².